The lowest BCUT2D eigenvalue weighted by atomic mass is 9.33. The molecule has 0 bridgehead atoms. The van der Waals surface area contributed by atoms with E-state index in [1.807, 2.05) is 0 Å². The van der Waals surface area contributed by atoms with Gasteiger partial charge in [0.25, 0.3) is 0 Å². The molecule has 0 unspecified atom stereocenters. The normalized spacial score (nSPS) is 41.1. The number of aliphatic hydroxyl groups excluding tert-OH is 1. The summed E-state index contributed by atoms with van der Waals surface area (Å²) < 4.78 is 5.47. The predicted molar refractivity (Wildman–Crippen MR) is 177 cm³/mol. The summed E-state index contributed by atoms with van der Waals surface area (Å²) in [6.07, 6.45) is 7.39. The first-order chi connectivity index (χ1) is 20.5. The van der Waals surface area contributed by atoms with Crippen molar-refractivity contribution >= 4 is 17.8 Å². The Morgan fingerprint density at radius 2 is 1.51 bits per heavy atom. The molecule has 2 amide bonds. The molecule has 0 aromatic rings. The Balaban J connectivity index is 1.50. The van der Waals surface area contributed by atoms with Crippen molar-refractivity contribution in [3.05, 3.63) is 11.1 Å². The Hall–Kier alpha value is -1.89. The SMILES string of the molecule is CC(C)C1=C2[C@H]3CC[C@@H]4[C@@]5(C)CC[C@H](O)C(C)(C)[C@@H]5CC[C@@]4(C)[C@]3(C)CC[C@@]2(NC(=O)C(C)(C)NC(=O)OC(C)(C)C)CC1=O. The van der Waals surface area contributed by atoms with E-state index in [0.717, 1.165) is 56.9 Å². The van der Waals surface area contributed by atoms with E-state index in [-0.39, 0.29) is 51.3 Å². The molecule has 5 aliphatic rings. The van der Waals surface area contributed by atoms with Crippen molar-refractivity contribution in [1.82, 2.24) is 10.6 Å². The Morgan fingerprint density at radius 3 is 2.11 bits per heavy atom. The molecule has 7 nitrogen and oxygen atoms in total. The van der Waals surface area contributed by atoms with E-state index in [9.17, 15) is 19.5 Å². The van der Waals surface area contributed by atoms with Crippen molar-refractivity contribution < 1.29 is 24.2 Å². The molecule has 5 rings (SSSR count). The number of nitrogens with one attached hydrogen (secondary N) is 2. The molecule has 4 fully saturated rings. The lowest BCUT2D eigenvalue weighted by Gasteiger charge is -2.72. The van der Waals surface area contributed by atoms with E-state index in [1.54, 1.807) is 34.6 Å². The van der Waals surface area contributed by atoms with Crippen LogP contribution in [0.25, 0.3) is 0 Å². The second kappa shape index (κ2) is 10.6. The maximum Gasteiger partial charge on any atom is 0.408 e. The first kappa shape index (κ1) is 34.4. The number of alkyl carbamates (subject to hydrolysis) is 1. The number of allylic oxidation sites excluding steroid dienone is 1. The van der Waals surface area contributed by atoms with Gasteiger partial charge in [-0.15, -0.1) is 0 Å². The zero-order valence-electron chi connectivity index (χ0n) is 30.3. The number of fused-ring (bicyclic) bond motifs is 7. The molecular weight excluding hydrogens is 564 g/mol. The molecule has 0 saturated heterocycles. The molecule has 7 heteroatoms. The summed E-state index contributed by atoms with van der Waals surface area (Å²) in [7, 11) is 0. The van der Waals surface area contributed by atoms with Gasteiger partial charge in [-0.3, -0.25) is 9.59 Å². The number of amides is 2. The number of ketones is 1. The van der Waals surface area contributed by atoms with E-state index in [0.29, 0.717) is 18.3 Å². The molecule has 0 spiro atoms. The molecule has 254 valence electrons. The third kappa shape index (κ3) is 5.11. The highest BCUT2D eigenvalue weighted by atomic mass is 16.6. The van der Waals surface area contributed by atoms with E-state index in [2.05, 4.69) is 59.1 Å². The van der Waals surface area contributed by atoms with E-state index in [1.165, 1.54) is 5.57 Å². The first-order valence-electron chi connectivity index (χ1n) is 17.7. The largest absolute Gasteiger partial charge is 0.444 e. The van der Waals surface area contributed by atoms with Crippen LogP contribution in [-0.4, -0.2) is 45.7 Å². The summed E-state index contributed by atoms with van der Waals surface area (Å²) in [5, 5.41) is 17.2. The fourth-order valence-corrected chi connectivity index (χ4v) is 11.7. The van der Waals surface area contributed by atoms with E-state index in [4.69, 9.17) is 4.74 Å². The second-order valence-corrected chi connectivity index (χ2v) is 18.9. The smallest absolute Gasteiger partial charge is 0.408 e. The van der Waals surface area contributed by atoms with Crippen molar-refractivity contribution in [3.8, 4) is 0 Å². The van der Waals surface area contributed by atoms with E-state index < -0.39 is 22.8 Å². The van der Waals surface area contributed by atoms with Gasteiger partial charge in [-0.05, 0) is 142 Å². The number of hydrogen-bond donors (Lipinski definition) is 3. The minimum absolute atomic E-state index is 0.0112. The molecule has 3 N–H and O–H groups in total. The molecule has 0 aromatic carbocycles. The van der Waals surface area contributed by atoms with Crippen molar-refractivity contribution in [2.24, 2.45) is 45.3 Å². The van der Waals surface area contributed by atoms with Gasteiger partial charge in [-0.2, -0.15) is 0 Å². The molecular formula is C38H62N2O5. The first-order valence-corrected chi connectivity index (χ1v) is 17.7. The number of hydrogen-bond acceptors (Lipinski definition) is 5. The van der Waals surface area contributed by atoms with Crippen LogP contribution >= 0.6 is 0 Å². The van der Waals surface area contributed by atoms with E-state index >= 15 is 0 Å². The van der Waals surface area contributed by atoms with Crippen LogP contribution in [0.4, 0.5) is 4.79 Å². The van der Waals surface area contributed by atoms with Gasteiger partial charge in [0.2, 0.25) is 5.91 Å². The molecule has 8 atom stereocenters. The molecule has 0 aliphatic heterocycles. The van der Waals surface area contributed by atoms with Gasteiger partial charge in [0.1, 0.15) is 11.1 Å². The summed E-state index contributed by atoms with van der Waals surface area (Å²) in [6, 6.07) is 0. The van der Waals surface area contributed by atoms with Crippen LogP contribution in [0, 0.1) is 45.3 Å². The number of aliphatic hydroxyl groups is 1. The summed E-state index contributed by atoms with van der Waals surface area (Å²) in [5.41, 5.74) is -0.364. The van der Waals surface area contributed by atoms with Crippen molar-refractivity contribution in [1.29, 1.82) is 0 Å². The molecule has 4 saturated carbocycles. The Labute approximate surface area is 272 Å². The number of rotatable bonds is 4. The summed E-state index contributed by atoms with van der Waals surface area (Å²) >= 11 is 0. The van der Waals surface area contributed by atoms with Crippen LogP contribution in [0.2, 0.25) is 0 Å². The van der Waals surface area contributed by atoms with Crippen LogP contribution in [-0.2, 0) is 14.3 Å². The Kier molecular flexibility index (Phi) is 8.08. The standard InChI is InChI=1S/C38H62N2O5/c1-22(2)28-24(41)21-38(39-30(43)34(8,9)40-31(44)45-32(3,4)5)20-19-36(11)23(29(28)38)13-14-26-35(10)17-16-27(42)33(6,7)25(35)15-18-37(26,36)12/h22-23,25-27,42H,13-21H2,1-12H3,(H,39,43)(H,40,44)/t23-,25+,26-,27+,35+,36-,37-,38-/m1/s1. The van der Waals surface area contributed by atoms with Crippen LogP contribution in [0.1, 0.15) is 141 Å². The average molecular weight is 627 g/mol. The predicted octanol–water partition coefficient (Wildman–Crippen LogP) is 7.50. The maximum atomic E-state index is 14.0. The third-order valence-electron chi connectivity index (χ3n) is 14.1. The van der Waals surface area contributed by atoms with Gasteiger partial charge in [-0.1, -0.05) is 48.5 Å². The zero-order valence-corrected chi connectivity index (χ0v) is 30.3. The minimum atomic E-state index is -1.22. The molecule has 0 radical (unpaired) electrons. The highest BCUT2D eigenvalue weighted by molar-refractivity contribution is 6.03. The summed E-state index contributed by atoms with van der Waals surface area (Å²) in [6.45, 7) is 25.2. The van der Waals surface area contributed by atoms with Gasteiger partial charge in [0, 0.05) is 6.42 Å². The van der Waals surface area contributed by atoms with Crippen molar-refractivity contribution in [2.75, 3.05) is 0 Å². The van der Waals surface area contributed by atoms with Gasteiger partial charge in [-0.25, -0.2) is 4.79 Å². The summed E-state index contributed by atoms with van der Waals surface area (Å²) in [4.78, 5) is 40.6. The van der Waals surface area contributed by atoms with Gasteiger partial charge < -0.3 is 20.5 Å². The van der Waals surface area contributed by atoms with Crippen LogP contribution < -0.4 is 10.6 Å². The maximum absolute atomic E-state index is 14.0. The second-order valence-electron chi connectivity index (χ2n) is 18.9. The number of carbonyl (C=O) groups is 3. The molecule has 5 aliphatic carbocycles. The lowest BCUT2D eigenvalue weighted by molar-refractivity contribution is -0.227. The number of carbonyl (C=O) groups excluding carboxylic acids is 3. The Morgan fingerprint density at radius 1 is 0.867 bits per heavy atom. The van der Waals surface area contributed by atoms with Crippen molar-refractivity contribution in [2.45, 2.75) is 164 Å². The van der Waals surface area contributed by atoms with Gasteiger partial charge >= 0.3 is 6.09 Å². The average Bonchev–Trinajstić information content (AvgIpc) is 3.17. The topological polar surface area (TPSA) is 105 Å². The van der Waals surface area contributed by atoms with Crippen LogP contribution in [0.3, 0.4) is 0 Å². The fourth-order valence-electron chi connectivity index (χ4n) is 11.7. The fraction of sp³-hybridized carbons (Fsp3) is 0.868. The quantitative estimate of drug-likeness (QED) is 0.300. The molecule has 0 aromatic heterocycles. The highest BCUT2D eigenvalue weighted by Gasteiger charge is 2.70. The summed E-state index contributed by atoms with van der Waals surface area (Å²) in [5.74, 6) is 1.20. The monoisotopic (exact) mass is 626 g/mol. The molecule has 0 heterocycles. The van der Waals surface area contributed by atoms with Gasteiger partial charge in [0.05, 0.1) is 11.6 Å². The van der Waals surface area contributed by atoms with Crippen LogP contribution in [0.15, 0.2) is 11.1 Å². The van der Waals surface area contributed by atoms with Crippen LogP contribution in [0.5, 0.6) is 0 Å². The number of ether oxygens (including phenoxy) is 1. The third-order valence-corrected chi connectivity index (χ3v) is 14.1. The lowest BCUT2D eigenvalue weighted by Crippen LogP contribution is -2.68. The number of Topliss-reactive ketones (excluding diaryl/α,β-unsaturated/α-hetero) is 1. The molecule has 45 heavy (non-hydrogen) atoms. The van der Waals surface area contributed by atoms with Crippen molar-refractivity contribution in [3.63, 3.8) is 0 Å². The van der Waals surface area contributed by atoms with Gasteiger partial charge in [0.15, 0.2) is 5.78 Å². The zero-order chi connectivity index (χ0) is 33.8. The Bertz CT molecular complexity index is 1290. The minimum Gasteiger partial charge on any atom is -0.444 e. The highest BCUT2D eigenvalue weighted by Crippen LogP contribution is 2.75.